The summed E-state index contributed by atoms with van der Waals surface area (Å²) >= 11 is 0. The zero-order valence-electron chi connectivity index (χ0n) is 11.6. The van der Waals surface area contributed by atoms with E-state index < -0.39 is 0 Å². The van der Waals surface area contributed by atoms with Crippen LogP contribution in [-0.2, 0) is 0 Å². The highest BCUT2D eigenvalue weighted by Gasteiger charge is 2.21. The van der Waals surface area contributed by atoms with E-state index in [0.717, 1.165) is 25.2 Å². The molecule has 0 aliphatic carbocycles. The number of aromatic nitrogens is 1. The number of fused-ring (bicyclic) bond motifs is 1. The molecule has 1 aromatic carbocycles. The lowest BCUT2D eigenvalue weighted by molar-refractivity contribution is 0.368. The van der Waals surface area contributed by atoms with Gasteiger partial charge in [0.05, 0.1) is 5.52 Å². The lowest BCUT2D eigenvalue weighted by atomic mass is 10.0. The summed E-state index contributed by atoms with van der Waals surface area (Å²) in [6.45, 7) is 7.79. The van der Waals surface area contributed by atoms with Crippen molar-refractivity contribution in [1.82, 2.24) is 10.3 Å². The summed E-state index contributed by atoms with van der Waals surface area (Å²) < 4.78 is 0. The van der Waals surface area contributed by atoms with Gasteiger partial charge in [-0.15, -0.1) is 0 Å². The molecule has 0 radical (unpaired) electrons. The fourth-order valence-electron chi connectivity index (χ4n) is 2.72. The molecule has 0 amide bonds. The number of anilines is 1. The third kappa shape index (κ3) is 2.56. The summed E-state index contributed by atoms with van der Waals surface area (Å²) in [6.07, 6.45) is 1.85. The Labute approximate surface area is 114 Å². The average molecular weight is 255 g/mol. The molecule has 1 unspecified atom stereocenters. The highest BCUT2D eigenvalue weighted by atomic mass is 15.2. The molecule has 1 aliphatic rings. The molecule has 0 spiro atoms. The predicted octanol–water partition coefficient (Wildman–Crippen LogP) is 2.67. The quantitative estimate of drug-likeness (QED) is 0.894. The topological polar surface area (TPSA) is 28.2 Å². The second kappa shape index (κ2) is 5.17. The molecule has 100 valence electrons. The maximum Gasteiger partial charge on any atom is 0.0703 e. The molecular weight excluding hydrogens is 234 g/mol. The van der Waals surface area contributed by atoms with Crippen LogP contribution in [0.5, 0.6) is 0 Å². The standard InChI is InChI=1S/C16H21N3/c1-12(2)16-11-19(9-8-18-16)14-5-6-15-13(10-14)4-3-7-17-15/h3-7,10,12,16,18H,8-9,11H2,1-2H3. The fourth-order valence-corrected chi connectivity index (χ4v) is 2.72. The molecule has 1 aliphatic heterocycles. The van der Waals surface area contributed by atoms with Gasteiger partial charge < -0.3 is 10.2 Å². The molecule has 1 fully saturated rings. The second-order valence-corrected chi connectivity index (χ2v) is 5.63. The van der Waals surface area contributed by atoms with Gasteiger partial charge in [-0.1, -0.05) is 19.9 Å². The van der Waals surface area contributed by atoms with Crippen LogP contribution < -0.4 is 10.2 Å². The molecule has 1 atom stereocenters. The van der Waals surface area contributed by atoms with Crippen LogP contribution >= 0.6 is 0 Å². The average Bonchev–Trinajstić information content (AvgIpc) is 2.47. The van der Waals surface area contributed by atoms with Crippen molar-refractivity contribution in [3.05, 3.63) is 36.5 Å². The number of nitrogens with zero attached hydrogens (tertiary/aromatic N) is 2. The smallest absolute Gasteiger partial charge is 0.0703 e. The van der Waals surface area contributed by atoms with Crippen LogP contribution in [0.4, 0.5) is 5.69 Å². The minimum Gasteiger partial charge on any atom is -0.369 e. The number of nitrogens with one attached hydrogen (secondary N) is 1. The van der Waals surface area contributed by atoms with Gasteiger partial charge in [-0.3, -0.25) is 4.98 Å². The van der Waals surface area contributed by atoms with Crippen molar-refractivity contribution in [1.29, 1.82) is 0 Å². The van der Waals surface area contributed by atoms with Crippen LogP contribution in [0.15, 0.2) is 36.5 Å². The highest BCUT2D eigenvalue weighted by Crippen LogP contribution is 2.22. The first-order valence-corrected chi connectivity index (χ1v) is 7.07. The van der Waals surface area contributed by atoms with Crippen LogP contribution in [0, 0.1) is 5.92 Å². The first-order valence-electron chi connectivity index (χ1n) is 7.07. The monoisotopic (exact) mass is 255 g/mol. The predicted molar refractivity (Wildman–Crippen MR) is 80.6 cm³/mol. The molecule has 1 saturated heterocycles. The minimum absolute atomic E-state index is 0.582. The Morgan fingerprint density at radius 1 is 1.32 bits per heavy atom. The van der Waals surface area contributed by atoms with E-state index in [9.17, 15) is 0 Å². The van der Waals surface area contributed by atoms with Crippen molar-refractivity contribution in [3.8, 4) is 0 Å². The summed E-state index contributed by atoms with van der Waals surface area (Å²) in [5.41, 5.74) is 2.38. The number of pyridine rings is 1. The summed E-state index contributed by atoms with van der Waals surface area (Å²) in [5.74, 6) is 0.671. The number of rotatable bonds is 2. The third-order valence-electron chi connectivity index (χ3n) is 3.96. The molecule has 1 N–H and O–H groups in total. The molecule has 19 heavy (non-hydrogen) atoms. The Balaban J connectivity index is 1.87. The normalized spacial score (nSPS) is 20.2. The van der Waals surface area contributed by atoms with Crippen LogP contribution in [0.3, 0.4) is 0 Å². The molecule has 3 heteroatoms. The number of hydrogen-bond donors (Lipinski definition) is 1. The number of piperazine rings is 1. The van der Waals surface area contributed by atoms with Gasteiger partial charge in [0, 0.05) is 42.9 Å². The van der Waals surface area contributed by atoms with Gasteiger partial charge in [0.15, 0.2) is 0 Å². The fraction of sp³-hybridized carbons (Fsp3) is 0.438. The van der Waals surface area contributed by atoms with Crippen molar-refractivity contribution in [2.45, 2.75) is 19.9 Å². The lowest BCUT2D eigenvalue weighted by Gasteiger charge is -2.37. The van der Waals surface area contributed by atoms with E-state index in [0.29, 0.717) is 12.0 Å². The van der Waals surface area contributed by atoms with E-state index in [2.05, 4.69) is 53.3 Å². The van der Waals surface area contributed by atoms with Crippen LogP contribution in [0.1, 0.15) is 13.8 Å². The highest BCUT2D eigenvalue weighted by molar-refractivity contribution is 5.82. The van der Waals surface area contributed by atoms with Gasteiger partial charge in [-0.2, -0.15) is 0 Å². The maximum absolute atomic E-state index is 4.38. The Kier molecular flexibility index (Phi) is 3.38. The maximum atomic E-state index is 4.38. The van der Waals surface area contributed by atoms with Crippen LogP contribution in [0.25, 0.3) is 10.9 Å². The number of hydrogen-bond acceptors (Lipinski definition) is 3. The van der Waals surface area contributed by atoms with Gasteiger partial charge in [-0.05, 0) is 30.2 Å². The molecule has 0 bridgehead atoms. The molecule has 0 saturated carbocycles. The Morgan fingerprint density at radius 3 is 3.05 bits per heavy atom. The van der Waals surface area contributed by atoms with E-state index in [1.807, 2.05) is 12.3 Å². The molecular formula is C16H21N3. The first kappa shape index (κ1) is 12.4. The van der Waals surface area contributed by atoms with Crippen LogP contribution in [-0.4, -0.2) is 30.7 Å². The Hall–Kier alpha value is -1.61. The Bertz CT molecular complexity index is 565. The van der Waals surface area contributed by atoms with E-state index in [1.165, 1.54) is 11.1 Å². The van der Waals surface area contributed by atoms with Crippen LogP contribution in [0.2, 0.25) is 0 Å². The second-order valence-electron chi connectivity index (χ2n) is 5.63. The minimum atomic E-state index is 0.582. The SMILES string of the molecule is CC(C)C1CN(c2ccc3ncccc3c2)CCN1. The Morgan fingerprint density at radius 2 is 2.21 bits per heavy atom. The molecule has 3 nitrogen and oxygen atoms in total. The van der Waals surface area contributed by atoms with Gasteiger partial charge in [0.1, 0.15) is 0 Å². The first-order chi connectivity index (χ1) is 9.24. The van der Waals surface area contributed by atoms with Crippen molar-refractivity contribution in [3.63, 3.8) is 0 Å². The van der Waals surface area contributed by atoms with Gasteiger partial charge in [0.25, 0.3) is 0 Å². The third-order valence-corrected chi connectivity index (χ3v) is 3.96. The number of benzene rings is 1. The molecule has 1 aromatic heterocycles. The van der Waals surface area contributed by atoms with E-state index in [1.54, 1.807) is 0 Å². The van der Waals surface area contributed by atoms with Gasteiger partial charge in [0.2, 0.25) is 0 Å². The van der Waals surface area contributed by atoms with Gasteiger partial charge in [-0.25, -0.2) is 0 Å². The summed E-state index contributed by atoms with van der Waals surface area (Å²) in [5, 5.41) is 4.82. The molecule has 2 heterocycles. The summed E-state index contributed by atoms with van der Waals surface area (Å²) in [6, 6.07) is 11.3. The molecule has 3 rings (SSSR count). The zero-order valence-corrected chi connectivity index (χ0v) is 11.6. The summed E-state index contributed by atoms with van der Waals surface area (Å²) in [7, 11) is 0. The van der Waals surface area contributed by atoms with E-state index >= 15 is 0 Å². The molecule has 2 aromatic rings. The van der Waals surface area contributed by atoms with Crippen molar-refractivity contribution >= 4 is 16.6 Å². The van der Waals surface area contributed by atoms with Crippen molar-refractivity contribution in [2.75, 3.05) is 24.5 Å². The zero-order chi connectivity index (χ0) is 13.2. The summed E-state index contributed by atoms with van der Waals surface area (Å²) in [4.78, 5) is 6.86. The van der Waals surface area contributed by atoms with Gasteiger partial charge >= 0.3 is 0 Å². The van der Waals surface area contributed by atoms with E-state index in [4.69, 9.17) is 0 Å². The van der Waals surface area contributed by atoms with Crippen molar-refractivity contribution < 1.29 is 0 Å². The lowest BCUT2D eigenvalue weighted by Crippen LogP contribution is -2.52. The van der Waals surface area contributed by atoms with E-state index in [-0.39, 0.29) is 0 Å². The van der Waals surface area contributed by atoms with Crippen molar-refractivity contribution in [2.24, 2.45) is 5.92 Å². The largest absolute Gasteiger partial charge is 0.369 e.